The molecule has 1 saturated heterocycles. The fraction of sp³-hybridized carbons (Fsp3) is 0.364. The molecule has 9 nitrogen and oxygen atoms in total. The second-order valence-electron chi connectivity index (χ2n) is 8.18. The van der Waals surface area contributed by atoms with Gasteiger partial charge in [0, 0.05) is 37.2 Å². The second kappa shape index (κ2) is 9.20. The van der Waals surface area contributed by atoms with E-state index in [1.165, 1.54) is 12.1 Å². The Balaban J connectivity index is 1.53. The predicted octanol–water partition coefficient (Wildman–Crippen LogP) is 3.28. The van der Waals surface area contributed by atoms with E-state index >= 15 is 0 Å². The summed E-state index contributed by atoms with van der Waals surface area (Å²) in [6.45, 7) is 3.20. The molecule has 3 N–H and O–H groups in total. The maximum Gasteiger partial charge on any atom is 0.573 e. The number of nitrogens with zero attached hydrogens (tertiary/aromatic N) is 4. The SMILES string of the molecule is Cc1cc2nc(NC(=O)c3ccc(OC(F)(F)F)cc3)cc(N3CCC(CC(N)=O)CC3)n2n1. The van der Waals surface area contributed by atoms with Crippen LogP contribution >= 0.6 is 0 Å². The third-order valence-corrected chi connectivity index (χ3v) is 5.55. The first kappa shape index (κ1) is 23.3. The average Bonchev–Trinajstić information content (AvgIpc) is 3.13. The lowest BCUT2D eigenvalue weighted by Crippen LogP contribution is -2.36. The van der Waals surface area contributed by atoms with Crippen molar-refractivity contribution >= 4 is 29.1 Å². The summed E-state index contributed by atoms with van der Waals surface area (Å²) in [6, 6.07) is 8.10. The van der Waals surface area contributed by atoms with Gasteiger partial charge in [-0.2, -0.15) is 9.61 Å². The van der Waals surface area contributed by atoms with Gasteiger partial charge in [0.1, 0.15) is 17.4 Å². The van der Waals surface area contributed by atoms with Crippen molar-refractivity contribution in [1.29, 1.82) is 0 Å². The summed E-state index contributed by atoms with van der Waals surface area (Å²) in [6.07, 6.45) is -2.87. The molecule has 1 aliphatic heterocycles. The van der Waals surface area contributed by atoms with Crippen LogP contribution in [0.5, 0.6) is 5.75 Å². The number of primary amides is 1. The maximum absolute atomic E-state index is 12.7. The summed E-state index contributed by atoms with van der Waals surface area (Å²) in [5.41, 5.74) is 6.76. The van der Waals surface area contributed by atoms with E-state index in [1.807, 2.05) is 6.92 Å². The van der Waals surface area contributed by atoms with Crippen molar-refractivity contribution in [2.24, 2.45) is 11.7 Å². The number of benzene rings is 1. The van der Waals surface area contributed by atoms with Crippen LogP contribution in [0.15, 0.2) is 36.4 Å². The normalized spacial score (nSPS) is 14.9. The van der Waals surface area contributed by atoms with Crippen molar-refractivity contribution in [3.8, 4) is 5.75 Å². The van der Waals surface area contributed by atoms with Gasteiger partial charge in [0.05, 0.1) is 5.69 Å². The lowest BCUT2D eigenvalue weighted by molar-refractivity contribution is -0.274. The molecule has 2 amide bonds. The summed E-state index contributed by atoms with van der Waals surface area (Å²) >= 11 is 0. The van der Waals surface area contributed by atoms with Crippen LogP contribution in [0.3, 0.4) is 0 Å². The molecule has 2 aromatic heterocycles. The highest BCUT2D eigenvalue weighted by Gasteiger charge is 2.31. The van der Waals surface area contributed by atoms with Gasteiger partial charge < -0.3 is 20.7 Å². The van der Waals surface area contributed by atoms with E-state index in [0.29, 0.717) is 25.2 Å². The number of nitrogens with two attached hydrogens (primary N) is 1. The molecule has 4 rings (SSSR count). The fourth-order valence-corrected chi connectivity index (χ4v) is 4.01. The molecule has 0 unspecified atom stereocenters. The Morgan fingerprint density at radius 2 is 1.85 bits per heavy atom. The second-order valence-corrected chi connectivity index (χ2v) is 8.18. The van der Waals surface area contributed by atoms with Crippen LogP contribution in [0.1, 0.15) is 35.3 Å². The van der Waals surface area contributed by atoms with Crippen LogP contribution < -0.4 is 20.7 Å². The number of carbonyl (C=O) groups excluding carboxylic acids is 2. The van der Waals surface area contributed by atoms with Crippen molar-refractivity contribution < 1.29 is 27.5 Å². The third-order valence-electron chi connectivity index (χ3n) is 5.55. The van der Waals surface area contributed by atoms with E-state index in [0.717, 1.165) is 36.5 Å². The van der Waals surface area contributed by atoms with Gasteiger partial charge in [0.2, 0.25) is 5.91 Å². The number of alkyl halides is 3. The summed E-state index contributed by atoms with van der Waals surface area (Å²) in [5, 5.41) is 7.19. The van der Waals surface area contributed by atoms with E-state index in [4.69, 9.17) is 5.73 Å². The van der Waals surface area contributed by atoms with Crippen molar-refractivity contribution in [3.63, 3.8) is 0 Å². The van der Waals surface area contributed by atoms with Gasteiger partial charge in [-0.3, -0.25) is 9.59 Å². The first-order valence-corrected chi connectivity index (χ1v) is 10.7. The Hall–Kier alpha value is -3.83. The van der Waals surface area contributed by atoms with E-state index < -0.39 is 18.0 Å². The van der Waals surface area contributed by atoms with Gasteiger partial charge in [-0.25, -0.2) is 4.98 Å². The van der Waals surface area contributed by atoms with E-state index in [2.05, 4.69) is 25.0 Å². The number of aromatic nitrogens is 3. The Labute approximate surface area is 192 Å². The number of amides is 2. The van der Waals surface area contributed by atoms with Gasteiger partial charge in [0.25, 0.3) is 5.91 Å². The molecule has 0 atom stereocenters. The van der Waals surface area contributed by atoms with Crippen LogP contribution in [-0.2, 0) is 4.79 Å². The number of anilines is 2. The molecule has 0 spiro atoms. The molecule has 1 aromatic carbocycles. The number of nitrogens with one attached hydrogen (secondary N) is 1. The van der Waals surface area contributed by atoms with Gasteiger partial charge in [0.15, 0.2) is 5.65 Å². The topological polar surface area (TPSA) is 115 Å². The Morgan fingerprint density at radius 1 is 1.18 bits per heavy atom. The molecule has 34 heavy (non-hydrogen) atoms. The molecular formula is C22H23F3N6O3. The number of ether oxygens (including phenoxy) is 1. The van der Waals surface area contributed by atoms with Gasteiger partial charge in [-0.15, -0.1) is 13.2 Å². The minimum absolute atomic E-state index is 0.148. The number of carbonyl (C=O) groups is 2. The zero-order valence-electron chi connectivity index (χ0n) is 18.3. The number of piperidine rings is 1. The molecule has 180 valence electrons. The molecular weight excluding hydrogens is 453 g/mol. The minimum Gasteiger partial charge on any atom is -0.406 e. The smallest absolute Gasteiger partial charge is 0.406 e. The molecule has 1 fully saturated rings. The third kappa shape index (κ3) is 5.56. The summed E-state index contributed by atoms with van der Waals surface area (Å²) in [5.74, 6) is -0.00963. The highest BCUT2D eigenvalue weighted by molar-refractivity contribution is 6.04. The zero-order valence-corrected chi connectivity index (χ0v) is 18.3. The lowest BCUT2D eigenvalue weighted by Gasteiger charge is -2.33. The first-order valence-electron chi connectivity index (χ1n) is 10.7. The van der Waals surface area contributed by atoms with Crippen LogP contribution in [0.25, 0.3) is 5.65 Å². The summed E-state index contributed by atoms with van der Waals surface area (Å²) in [7, 11) is 0. The number of hydrogen-bond acceptors (Lipinski definition) is 6. The Morgan fingerprint density at radius 3 is 2.47 bits per heavy atom. The van der Waals surface area contributed by atoms with Crippen molar-refractivity contribution in [2.75, 3.05) is 23.3 Å². The van der Waals surface area contributed by atoms with E-state index in [9.17, 15) is 22.8 Å². The van der Waals surface area contributed by atoms with Crippen LogP contribution in [0.4, 0.5) is 24.8 Å². The molecule has 3 aromatic rings. The molecule has 0 radical (unpaired) electrons. The molecule has 12 heteroatoms. The molecule has 0 saturated carbocycles. The largest absolute Gasteiger partial charge is 0.573 e. The van der Waals surface area contributed by atoms with E-state index in [-0.39, 0.29) is 23.2 Å². The minimum atomic E-state index is -4.81. The summed E-state index contributed by atoms with van der Waals surface area (Å²) < 4.78 is 42.6. The molecule has 0 aliphatic carbocycles. The van der Waals surface area contributed by atoms with Gasteiger partial charge in [-0.1, -0.05) is 0 Å². The highest BCUT2D eigenvalue weighted by Crippen LogP contribution is 2.28. The number of halogens is 3. The van der Waals surface area contributed by atoms with Gasteiger partial charge >= 0.3 is 6.36 Å². The van der Waals surface area contributed by atoms with Crippen molar-refractivity contribution in [3.05, 3.63) is 47.7 Å². The van der Waals surface area contributed by atoms with Crippen LogP contribution in [0.2, 0.25) is 0 Å². The standard InChI is InChI=1S/C22H23F3N6O3/c1-13-10-19-27-18(28-21(33)15-2-4-16(5-3-15)34-22(23,24)25)12-20(31(19)29-13)30-8-6-14(7-9-30)11-17(26)32/h2-5,10,12,14H,6-9,11H2,1H3,(H2,26,32)(H,27,28,33). The Kier molecular flexibility index (Phi) is 6.31. The molecule has 3 heterocycles. The van der Waals surface area contributed by atoms with E-state index in [1.54, 1.807) is 16.6 Å². The highest BCUT2D eigenvalue weighted by atomic mass is 19.4. The van der Waals surface area contributed by atoms with Crippen molar-refractivity contribution in [1.82, 2.24) is 14.6 Å². The lowest BCUT2D eigenvalue weighted by atomic mass is 9.93. The number of fused-ring (bicyclic) bond motifs is 1. The molecule has 1 aliphatic rings. The maximum atomic E-state index is 12.7. The number of rotatable bonds is 6. The first-order chi connectivity index (χ1) is 16.1. The summed E-state index contributed by atoms with van der Waals surface area (Å²) in [4.78, 5) is 30.5. The predicted molar refractivity (Wildman–Crippen MR) is 118 cm³/mol. The number of hydrogen-bond donors (Lipinski definition) is 2. The van der Waals surface area contributed by atoms with Crippen LogP contribution in [-0.4, -0.2) is 45.9 Å². The zero-order chi connectivity index (χ0) is 24.5. The fourth-order valence-electron chi connectivity index (χ4n) is 4.01. The monoisotopic (exact) mass is 476 g/mol. The average molecular weight is 476 g/mol. The quantitative estimate of drug-likeness (QED) is 0.564. The van der Waals surface area contributed by atoms with Crippen molar-refractivity contribution in [2.45, 2.75) is 32.5 Å². The Bertz CT molecular complexity index is 1200. The van der Waals surface area contributed by atoms with Crippen LogP contribution in [0, 0.1) is 12.8 Å². The van der Waals surface area contributed by atoms with Gasteiger partial charge in [-0.05, 0) is 49.9 Å². The molecule has 0 bridgehead atoms. The number of aryl methyl sites for hydroxylation is 1.